The van der Waals surface area contributed by atoms with E-state index in [4.69, 9.17) is 0 Å². The van der Waals surface area contributed by atoms with E-state index >= 15 is 0 Å². The van der Waals surface area contributed by atoms with Gasteiger partial charge in [-0.15, -0.1) is 0 Å². The maximum atomic E-state index is 11.9. The van der Waals surface area contributed by atoms with Crippen molar-refractivity contribution in [3.63, 3.8) is 0 Å². The van der Waals surface area contributed by atoms with Gasteiger partial charge in [0.2, 0.25) is 15.9 Å². The van der Waals surface area contributed by atoms with Crippen LogP contribution in [0.3, 0.4) is 0 Å². The summed E-state index contributed by atoms with van der Waals surface area (Å²) in [5.41, 5.74) is 1.60. The molecule has 8 heteroatoms. The van der Waals surface area contributed by atoms with E-state index in [0.29, 0.717) is 11.5 Å². The van der Waals surface area contributed by atoms with Gasteiger partial charge in [0.25, 0.3) is 0 Å². The Bertz CT molecular complexity index is 915. The van der Waals surface area contributed by atoms with Gasteiger partial charge in [-0.05, 0) is 6.92 Å². The highest BCUT2D eigenvalue weighted by Crippen LogP contribution is 2.19. The summed E-state index contributed by atoms with van der Waals surface area (Å²) in [4.78, 5) is 11.9. The van der Waals surface area contributed by atoms with Crippen LogP contribution in [0.1, 0.15) is 6.92 Å². The fourth-order valence-electron chi connectivity index (χ4n) is 2.14. The Labute approximate surface area is 158 Å². The molecule has 1 unspecified atom stereocenters. The number of nitrogens with one attached hydrogen (secondary N) is 3. The number of aromatic nitrogens is 2. The molecule has 3 N–H and O–H groups in total. The maximum absolute atomic E-state index is 11.9. The van der Waals surface area contributed by atoms with Gasteiger partial charge < -0.3 is 5.32 Å². The first kappa shape index (κ1) is 20.3. The molecule has 2 aromatic carbocycles. The van der Waals surface area contributed by atoms with Crippen LogP contribution in [0.4, 0.5) is 5.82 Å². The first-order valence-corrected chi connectivity index (χ1v) is 10.1. The van der Waals surface area contributed by atoms with Crippen molar-refractivity contribution in [2.75, 3.05) is 11.6 Å². The molecule has 0 fully saturated rings. The molecule has 142 valence electrons. The second-order valence-corrected chi connectivity index (χ2v) is 7.57. The zero-order chi connectivity index (χ0) is 19.7. The molecule has 7 nitrogen and oxygen atoms in total. The number of carbonyl (C=O) groups is 1. The van der Waals surface area contributed by atoms with Gasteiger partial charge in [0, 0.05) is 11.6 Å². The highest BCUT2D eigenvalue weighted by Gasteiger charge is 2.17. The first-order valence-electron chi connectivity index (χ1n) is 8.24. The summed E-state index contributed by atoms with van der Waals surface area (Å²) in [6.07, 6.45) is 1.00. The molecule has 0 aliphatic carbocycles. The van der Waals surface area contributed by atoms with E-state index in [1.807, 2.05) is 66.7 Å². The normalized spacial score (nSPS) is 11.8. The quantitative estimate of drug-likeness (QED) is 0.627. The van der Waals surface area contributed by atoms with Crippen molar-refractivity contribution in [1.82, 2.24) is 14.9 Å². The Hall–Kier alpha value is -2.97. The number of rotatable bonds is 5. The average molecular weight is 386 g/mol. The number of H-pyrrole nitrogens is 1. The number of hydrogen-bond acceptors (Lipinski definition) is 4. The SMILES string of the molecule is CC(NS(C)(=O)=O)C(=O)Nc1cc(-c2ccccc2)n[nH]1.c1ccccc1. The number of anilines is 1. The third-order valence-corrected chi connectivity index (χ3v) is 4.14. The standard InChI is InChI=1S/C13H16N4O3S.C6H6/c1-9(17-21(2,19)20)13(18)14-12-8-11(15-16-12)10-6-4-3-5-7-10;1-2-4-6-5-3-1/h3-9,17H,1-2H3,(H2,14,15,16,18);1-6H. The van der Waals surface area contributed by atoms with Crippen molar-refractivity contribution in [3.8, 4) is 11.3 Å². The molecule has 1 amide bonds. The van der Waals surface area contributed by atoms with Gasteiger partial charge in [-0.2, -0.15) is 5.10 Å². The summed E-state index contributed by atoms with van der Waals surface area (Å²) in [5, 5.41) is 9.36. The number of aromatic amines is 1. The Morgan fingerprint density at radius 1 is 1.00 bits per heavy atom. The Kier molecular flexibility index (Phi) is 7.27. The molecule has 0 saturated carbocycles. The summed E-state index contributed by atoms with van der Waals surface area (Å²) in [5.74, 6) is -0.0651. The lowest BCUT2D eigenvalue weighted by atomic mass is 10.1. The molecule has 3 aromatic rings. The average Bonchev–Trinajstić information content (AvgIpc) is 3.11. The molecule has 0 aliphatic rings. The molecule has 1 aromatic heterocycles. The summed E-state index contributed by atoms with van der Waals surface area (Å²) in [6, 6.07) is 22.3. The maximum Gasteiger partial charge on any atom is 0.243 e. The van der Waals surface area contributed by atoms with E-state index in [-0.39, 0.29) is 0 Å². The van der Waals surface area contributed by atoms with Gasteiger partial charge in [0.05, 0.1) is 18.0 Å². The van der Waals surface area contributed by atoms with E-state index in [1.54, 1.807) is 6.07 Å². The van der Waals surface area contributed by atoms with E-state index in [2.05, 4.69) is 20.2 Å². The molecule has 0 spiro atoms. The highest BCUT2D eigenvalue weighted by atomic mass is 32.2. The van der Waals surface area contributed by atoms with Gasteiger partial charge in [0.1, 0.15) is 5.82 Å². The fraction of sp³-hybridized carbons (Fsp3) is 0.158. The molecule has 0 saturated heterocycles. The summed E-state index contributed by atoms with van der Waals surface area (Å²) in [7, 11) is -3.44. The Balaban J connectivity index is 0.000000369. The highest BCUT2D eigenvalue weighted by molar-refractivity contribution is 7.88. The summed E-state index contributed by atoms with van der Waals surface area (Å²) < 4.78 is 24.4. The van der Waals surface area contributed by atoms with Crippen molar-refractivity contribution >= 4 is 21.7 Å². The Morgan fingerprint density at radius 3 is 2.04 bits per heavy atom. The molecule has 1 heterocycles. The van der Waals surface area contributed by atoms with E-state index in [1.165, 1.54) is 6.92 Å². The predicted octanol–water partition coefficient (Wildman–Crippen LogP) is 2.64. The number of nitrogens with zero attached hydrogens (tertiary/aromatic N) is 1. The van der Waals surface area contributed by atoms with E-state index in [0.717, 1.165) is 11.8 Å². The molecule has 0 aliphatic heterocycles. The van der Waals surface area contributed by atoms with Crippen molar-refractivity contribution in [3.05, 3.63) is 72.8 Å². The van der Waals surface area contributed by atoms with Crippen molar-refractivity contribution in [2.24, 2.45) is 0 Å². The number of carbonyl (C=O) groups excluding carboxylic acids is 1. The fourth-order valence-corrected chi connectivity index (χ4v) is 2.89. The van der Waals surface area contributed by atoms with Gasteiger partial charge in [-0.25, -0.2) is 13.1 Å². The van der Waals surface area contributed by atoms with Crippen LogP contribution in [0, 0.1) is 0 Å². The van der Waals surface area contributed by atoms with Crippen LogP contribution in [-0.2, 0) is 14.8 Å². The molecule has 1 atom stereocenters. The van der Waals surface area contributed by atoms with Crippen LogP contribution in [0.25, 0.3) is 11.3 Å². The largest absolute Gasteiger partial charge is 0.310 e. The minimum Gasteiger partial charge on any atom is -0.310 e. The number of amides is 1. The summed E-state index contributed by atoms with van der Waals surface area (Å²) >= 11 is 0. The van der Waals surface area contributed by atoms with Crippen molar-refractivity contribution in [2.45, 2.75) is 13.0 Å². The van der Waals surface area contributed by atoms with Gasteiger partial charge >= 0.3 is 0 Å². The van der Waals surface area contributed by atoms with Crippen LogP contribution < -0.4 is 10.0 Å². The lowest BCUT2D eigenvalue weighted by Crippen LogP contribution is -2.41. The zero-order valence-electron chi connectivity index (χ0n) is 15.1. The molecular weight excluding hydrogens is 364 g/mol. The molecule has 27 heavy (non-hydrogen) atoms. The first-order chi connectivity index (χ1) is 12.8. The monoisotopic (exact) mass is 386 g/mol. The molecule has 0 bridgehead atoms. The minimum atomic E-state index is -3.44. The lowest BCUT2D eigenvalue weighted by molar-refractivity contribution is -0.117. The van der Waals surface area contributed by atoms with Gasteiger partial charge in [-0.3, -0.25) is 9.89 Å². The summed E-state index contributed by atoms with van der Waals surface area (Å²) in [6.45, 7) is 1.46. The number of sulfonamides is 1. The second kappa shape index (κ2) is 9.65. The van der Waals surface area contributed by atoms with Crippen LogP contribution in [-0.4, -0.2) is 36.8 Å². The molecule has 3 rings (SSSR count). The Morgan fingerprint density at radius 2 is 1.52 bits per heavy atom. The third kappa shape index (κ3) is 7.43. The smallest absolute Gasteiger partial charge is 0.243 e. The molecular formula is C19H22N4O3S. The van der Waals surface area contributed by atoms with E-state index < -0.39 is 22.0 Å². The topological polar surface area (TPSA) is 104 Å². The third-order valence-electron chi connectivity index (χ3n) is 3.36. The predicted molar refractivity (Wildman–Crippen MR) is 107 cm³/mol. The zero-order valence-corrected chi connectivity index (χ0v) is 15.9. The number of benzene rings is 2. The lowest BCUT2D eigenvalue weighted by Gasteiger charge is -2.11. The van der Waals surface area contributed by atoms with Gasteiger partial charge in [0.15, 0.2) is 0 Å². The number of hydrogen-bond donors (Lipinski definition) is 3. The van der Waals surface area contributed by atoms with Crippen molar-refractivity contribution in [1.29, 1.82) is 0 Å². The minimum absolute atomic E-state index is 0.404. The van der Waals surface area contributed by atoms with E-state index in [9.17, 15) is 13.2 Å². The second-order valence-electron chi connectivity index (χ2n) is 5.79. The van der Waals surface area contributed by atoms with Crippen LogP contribution in [0.2, 0.25) is 0 Å². The van der Waals surface area contributed by atoms with Crippen LogP contribution in [0.5, 0.6) is 0 Å². The van der Waals surface area contributed by atoms with Crippen LogP contribution in [0.15, 0.2) is 72.8 Å². The van der Waals surface area contributed by atoms with Crippen molar-refractivity contribution < 1.29 is 13.2 Å². The van der Waals surface area contributed by atoms with Gasteiger partial charge in [-0.1, -0.05) is 66.7 Å². The van der Waals surface area contributed by atoms with Crippen LogP contribution >= 0.6 is 0 Å². The molecule has 0 radical (unpaired) electrons.